The molecule has 0 amide bonds. The molecule has 2 aromatic carbocycles. The maximum absolute atomic E-state index is 9.37. The lowest BCUT2D eigenvalue weighted by Gasteiger charge is -2.39. The Balaban J connectivity index is 1.57. The van der Waals surface area contributed by atoms with Gasteiger partial charge in [0.05, 0.1) is 23.3 Å². The van der Waals surface area contributed by atoms with E-state index in [1.165, 1.54) is 0 Å². The molecule has 0 radical (unpaired) electrons. The van der Waals surface area contributed by atoms with E-state index < -0.39 is 0 Å². The second-order valence-corrected chi connectivity index (χ2v) is 6.86. The standard InChI is InChI=1S/C22H22N4O/c1-16-14-26(15-19(27-16)13-25-18-6-3-2-4-7-18)21-10-9-17(12-23)22-20(21)8-5-11-24-22/h2-11,16,19,25H,13-15H2,1H3/t16-,19-/m1/s1. The van der Waals surface area contributed by atoms with Crippen molar-refractivity contribution in [2.24, 2.45) is 0 Å². The van der Waals surface area contributed by atoms with E-state index in [-0.39, 0.29) is 12.2 Å². The molecule has 1 aliphatic rings. The molecule has 1 aliphatic heterocycles. The van der Waals surface area contributed by atoms with Gasteiger partial charge in [-0.05, 0) is 43.3 Å². The molecule has 0 aliphatic carbocycles. The van der Waals surface area contributed by atoms with Crippen LogP contribution in [0, 0.1) is 11.3 Å². The van der Waals surface area contributed by atoms with Crippen molar-refractivity contribution < 1.29 is 4.74 Å². The van der Waals surface area contributed by atoms with Crippen LogP contribution in [0.25, 0.3) is 10.9 Å². The van der Waals surface area contributed by atoms with Crippen LogP contribution in [0.4, 0.5) is 11.4 Å². The number of nitrogens with zero attached hydrogens (tertiary/aromatic N) is 3. The van der Waals surface area contributed by atoms with Gasteiger partial charge in [-0.2, -0.15) is 5.26 Å². The van der Waals surface area contributed by atoms with Gasteiger partial charge in [-0.15, -0.1) is 0 Å². The quantitative estimate of drug-likeness (QED) is 0.768. The number of ether oxygens (including phenoxy) is 1. The molecule has 2 heterocycles. The van der Waals surface area contributed by atoms with Crippen LogP contribution in [-0.2, 0) is 4.74 Å². The van der Waals surface area contributed by atoms with Crippen LogP contribution in [-0.4, -0.2) is 36.8 Å². The first-order valence-electron chi connectivity index (χ1n) is 9.22. The summed E-state index contributed by atoms with van der Waals surface area (Å²) in [4.78, 5) is 6.77. The highest BCUT2D eigenvalue weighted by molar-refractivity contribution is 5.95. The first-order valence-corrected chi connectivity index (χ1v) is 9.22. The summed E-state index contributed by atoms with van der Waals surface area (Å²) in [5.74, 6) is 0. The van der Waals surface area contributed by atoms with Gasteiger partial charge in [0, 0.05) is 42.6 Å². The van der Waals surface area contributed by atoms with Crippen LogP contribution in [0.5, 0.6) is 0 Å². The summed E-state index contributed by atoms with van der Waals surface area (Å²) in [6, 6.07) is 20.3. The molecule has 136 valence electrons. The monoisotopic (exact) mass is 358 g/mol. The molecule has 5 heteroatoms. The smallest absolute Gasteiger partial charge is 0.101 e. The van der Waals surface area contributed by atoms with Gasteiger partial charge in [0.25, 0.3) is 0 Å². The second-order valence-electron chi connectivity index (χ2n) is 6.86. The molecule has 3 aromatic rings. The fraction of sp³-hybridized carbons (Fsp3) is 0.273. The van der Waals surface area contributed by atoms with E-state index in [0.29, 0.717) is 5.56 Å². The Hall–Kier alpha value is -3.10. The first-order chi connectivity index (χ1) is 13.2. The van der Waals surface area contributed by atoms with Gasteiger partial charge in [0.1, 0.15) is 6.07 Å². The second kappa shape index (κ2) is 7.65. The molecule has 1 fully saturated rings. The Morgan fingerprint density at radius 1 is 1.15 bits per heavy atom. The van der Waals surface area contributed by atoms with Crippen LogP contribution in [0.1, 0.15) is 12.5 Å². The van der Waals surface area contributed by atoms with Crippen LogP contribution < -0.4 is 10.2 Å². The van der Waals surface area contributed by atoms with Gasteiger partial charge in [-0.25, -0.2) is 0 Å². The van der Waals surface area contributed by atoms with E-state index >= 15 is 0 Å². The number of anilines is 2. The van der Waals surface area contributed by atoms with Crippen molar-refractivity contribution in [1.29, 1.82) is 5.26 Å². The molecule has 5 nitrogen and oxygen atoms in total. The highest BCUT2D eigenvalue weighted by Gasteiger charge is 2.26. The van der Waals surface area contributed by atoms with Crippen molar-refractivity contribution >= 4 is 22.3 Å². The van der Waals surface area contributed by atoms with Gasteiger partial charge < -0.3 is 15.0 Å². The van der Waals surface area contributed by atoms with Crippen molar-refractivity contribution in [3.8, 4) is 6.07 Å². The highest BCUT2D eigenvalue weighted by Crippen LogP contribution is 2.30. The lowest BCUT2D eigenvalue weighted by Crippen LogP contribution is -2.49. The third-order valence-electron chi connectivity index (χ3n) is 4.84. The van der Waals surface area contributed by atoms with Gasteiger partial charge in [0.15, 0.2) is 0 Å². The summed E-state index contributed by atoms with van der Waals surface area (Å²) in [5.41, 5.74) is 3.57. The lowest BCUT2D eigenvalue weighted by atomic mass is 10.1. The minimum Gasteiger partial charge on any atom is -0.382 e. The number of hydrogen-bond acceptors (Lipinski definition) is 5. The molecule has 4 rings (SSSR count). The molecule has 1 saturated heterocycles. The van der Waals surface area contributed by atoms with Gasteiger partial charge in [-0.3, -0.25) is 4.98 Å². The minimum absolute atomic E-state index is 0.0799. The summed E-state index contributed by atoms with van der Waals surface area (Å²) < 4.78 is 6.14. The van der Waals surface area contributed by atoms with E-state index in [9.17, 15) is 5.26 Å². The third kappa shape index (κ3) is 3.71. The number of hydrogen-bond donors (Lipinski definition) is 1. The lowest BCUT2D eigenvalue weighted by molar-refractivity contribution is -0.00820. The Kier molecular flexibility index (Phi) is 4.91. The molecule has 2 atom stereocenters. The van der Waals surface area contributed by atoms with Crippen molar-refractivity contribution in [1.82, 2.24) is 4.98 Å². The van der Waals surface area contributed by atoms with E-state index in [2.05, 4.69) is 40.3 Å². The number of para-hydroxylation sites is 1. The zero-order valence-electron chi connectivity index (χ0n) is 15.3. The average Bonchev–Trinajstić information content (AvgIpc) is 2.72. The maximum atomic E-state index is 9.37. The normalized spacial score (nSPS) is 19.6. The fourth-order valence-corrected chi connectivity index (χ4v) is 3.67. The van der Waals surface area contributed by atoms with Crippen LogP contribution >= 0.6 is 0 Å². The summed E-state index contributed by atoms with van der Waals surface area (Å²) in [6.45, 7) is 4.46. The number of aromatic nitrogens is 1. The number of benzene rings is 2. The Morgan fingerprint density at radius 3 is 2.81 bits per heavy atom. The number of morpholine rings is 1. The predicted octanol–water partition coefficient (Wildman–Crippen LogP) is 3.81. The SMILES string of the molecule is C[C@@H]1CN(c2ccc(C#N)c3ncccc23)C[C@@H](CNc2ccccc2)O1. The van der Waals surface area contributed by atoms with Crippen molar-refractivity contribution in [3.63, 3.8) is 0 Å². The Morgan fingerprint density at radius 2 is 2.00 bits per heavy atom. The number of rotatable bonds is 4. The van der Waals surface area contributed by atoms with Crippen LogP contribution in [0.3, 0.4) is 0 Å². The Labute approximate surface area is 159 Å². The van der Waals surface area contributed by atoms with E-state index in [0.717, 1.165) is 41.9 Å². The largest absolute Gasteiger partial charge is 0.382 e. The zero-order chi connectivity index (χ0) is 18.6. The van der Waals surface area contributed by atoms with Gasteiger partial charge >= 0.3 is 0 Å². The first kappa shape index (κ1) is 17.3. The van der Waals surface area contributed by atoms with E-state index in [1.807, 2.05) is 42.5 Å². The number of nitrogens with one attached hydrogen (secondary N) is 1. The number of pyridine rings is 1. The molecular formula is C22H22N4O. The van der Waals surface area contributed by atoms with Crippen LogP contribution in [0.15, 0.2) is 60.8 Å². The fourth-order valence-electron chi connectivity index (χ4n) is 3.67. The van der Waals surface area contributed by atoms with Crippen molar-refractivity contribution in [3.05, 3.63) is 66.4 Å². The van der Waals surface area contributed by atoms with Crippen molar-refractivity contribution in [2.45, 2.75) is 19.1 Å². The summed E-state index contributed by atoms with van der Waals surface area (Å²) in [5, 5.41) is 13.8. The van der Waals surface area contributed by atoms with Crippen molar-refractivity contribution in [2.75, 3.05) is 29.9 Å². The molecule has 0 unspecified atom stereocenters. The zero-order valence-corrected chi connectivity index (χ0v) is 15.3. The summed E-state index contributed by atoms with van der Waals surface area (Å²) >= 11 is 0. The molecule has 27 heavy (non-hydrogen) atoms. The molecule has 0 saturated carbocycles. The highest BCUT2D eigenvalue weighted by atomic mass is 16.5. The van der Waals surface area contributed by atoms with E-state index in [4.69, 9.17) is 4.74 Å². The van der Waals surface area contributed by atoms with E-state index in [1.54, 1.807) is 6.20 Å². The molecule has 1 N–H and O–H groups in total. The topological polar surface area (TPSA) is 61.2 Å². The molecule has 0 bridgehead atoms. The summed E-state index contributed by atoms with van der Waals surface area (Å²) in [7, 11) is 0. The van der Waals surface area contributed by atoms with Gasteiger partial charge in [-0.1, -0.05) is 18.2 Å². The minimum atomic E-state index is 0.0799. The number of fused-ring (bicyclic) bond motifs is 1. The number of nitriles is 1. The third-order valence-corrected chi connectivity index (χ3v) is 4.84. The predicted molar refractivity (Wildman–Crippen MR) is 108 cm³/mol. The Bertz CT molecular complexity index is 967. The molecular weight excluding hydrogens is 336 g/mol. The molecule has 1 aromatic heterocycles. The van der Waals surface area contributed by atoms with Gasteiger partial charge in [0.2, 0.25) is 0 Å². The summed E-state index contributed by atoms with van der Waals surface area (Å²) in [6.07, 6.45) is 1.95. The average molecular weight is 358 g/mol. The van der Waals surface area contributed by atoms with Crippen LogP contribution in [0.2, 0.25) is 0 Å². The molecule has 0 spiro atoms. The maximum Gasteiger partial charge on any atom is 0.101 e.